The fourth-order valence-electron chi connectivity index (χ4n) is 2.80. The maximum atomic E-state index is 13.7. The fraction of sp³-hybridized carbons (Fsp3) is 0.0909. The van der Waals surface area contributed by atoms with Crippen LogP contribution in [0.25, 0.3) is 0 Å². The van der Waals surface area contributed by atoms with Crippen molar-refractivity contribution in [3.05, 3.63) is 93.9 Å². The van der Waals surface area contributed by atoms with Crippen LogP contribution in [0.5, 0.6) is 11.5 Å². The standard InChI is InChI=1S/C22H13BrF5N3O4/c23-11-1-3-13(4-2-11)34-10-31-8-12(7-29-31)30-22(32)15-6-5-14(35-15)9-33-21-19(27)17(25)16(24)18(26)20(21)28/h1-8H,9-10H2,(H,30,32). The van der Waals surface area contributed by atoms with E-state index in [-0.39, 0.29) is 18.3 Å². The largest absolute Gasteiger partial charge is 0.479 e. The molecule has 1 N–H and O–H groups in total. The number of rotatable bonds is 8. The van der Waals surface area contributed by atoms with E-state index in [0.717, 1.165) is 4.47 Å². The second-order valence-electron chi connectivity index (χ2n) is 6.90. The number of carbonyl (C=O) groups excluding carboxylic acids is 1. The third-order valence-corrected chi connectivity index (χ3v) is 5.01. The molecule has 0 spiro atoms. The van der Waals surface area contributed by atoms with E-state index in [1.54, 1.807) is 12.1 Å². The molecule has 0 saturated carbocycles. The third-order valence-electron chi connectivity index (χ3n) is 4.48. The number of halogens is 6. The first-order valence-electron chi connectivity index (χ1n) is 9.68. The highest BCUT2D eigenvalue weighted by molar-refractivity contribution is 9.10. The van der Waals surface area contributed by atoms with E-state index < -0.39 is 47.3 Å². The Labute approximate surface area is 202 Å². The van der Waals surface area contributed by atoms with Gasteiger partial charge in [-0.3, -0.25) is 4.79 Å². The molecule has 4 aromatic rings. The molecule has 35 heavy (non-hydrogen) atoms. The molecule has 2 heterocycles. The zero-order chi connectivity index (χ0) is 25.1. The number of aromatic nitrogens is 2. The maximum absolute atomic E-state index is 13.7. The summed E-state index contributed by atoms with van der Waals surface area (Å²) in [5.74, 6) is -12.6. The quantitative estimate of drug-likeness (QED) is 0.168. The van der Waals surface area contributed by atoms with Gasteiger partial charge >= 0.3 is 0 Å². The first kappa shape index (κ1) is 24.3. The summed E-state index contributed by atoms with van der Waals surface area (Å²) in [4.78, 5) is 12.4. The molecule has 182 valence electrons. The lowest BCUT2D eigenvalue weighted by Crippen LogP contribution is -2.10. The van der Waals surface area contributed by atoms with Crippen LogP contribution in [0.4, 0.5) is 27.6 Å². The van der Waals surface area contributed by atoms with E-state index in [9.17, 15) is 26.7 Å². The number of amides is 1. The molecule has 7 nitrogen and oxygen atoms in total. The van der Waals surface area contributed by atoms with Crippen LogP contribution in [0.1, 0.15) is 16.3 Å². The minimum absolute atomic E-state index is 0.0808. The summed E-state index contributed by atoms with van der Waals surface area (Å²) >= 11 is 3.32. The van der Waals surface area contributed by atoms with Crippen LogP contribution < -0.4 is 14.8 Å². The molecule has 2 aromatic carbocycles. The van der Waals surface area contributed by atoms with Gasteiger partial charge in [0.1, 0.15) is 18.1 Å². The first-order valence-corrected chi connectivity index (χ1v) is 10.5. The van der Waals surface area contributed by atoms with E-state index in [4.69, 9.17) is 13.9 Å². The zero-order valence-corrected chi connectivity index (χ0v) is 18.9. The Morgan fingerprint density at radius 3 is 2.29 bits per heavy atom. The number of furan rings is 1. The Hall–Kier alpha value is -3.87. The van der Waals surface area contributed by atoms with Crippen molar-refractivity contribution in [1.82, 2.24) is 9.78 Å². The Balaban J connectivity index is 1.34. The number of hydrogen-bond donors (Lipinski definition) is 1. The van der Waals surface area contributed by atoms with Gasteiger partial charge in [0, 0.05) is 4.47 Å². The molecular formula is C22H13BrF5N3O4. The second-order valence-corrected chi connectivity index (χ2v) is 7.82. The molecule has 0 aliphatic heterocycles. The Morgan fingerprint density at radius 1 is 0.943 bits per heavy atom. The predicted molar refractivity (Wildman–Crippen MR) is 114 cm³/mol. The summed E-state index contributed by atoms with van der Waals surface area (Å²) in [5.41, 5.74) is 0.324. The zero-order valence-electron chi connectivity index (χ0n) is 17.3. The number of benzene rings is 2. The number of hydrogen-bond acceptors (Lipinski definition) is 5. The lowest BCUT2D eigenvalue weighted by Gasteiger charge is -2.09. The van der Waals surface area contributed by atoms with Gasteiger partial charge < -0.3 is 19.2 Å². The molecule has 0 atom stereocenters. The lowest BCUT2D eigenvalue weighted by atomic mass is 10.2. The number of nitrogens with one attached hydrogen (secondary N) is 1. The van der Waals surface area contributed by atoms with Crippen molar-refractivity contribution in [3.8, 4) is 11.5 Å². The number of anilines is 1. The van der Waals surface area contributed by atoms with Gasteiger partial charge in [-0.2, -0.15) is 13.9 Å². The van der Waals surface area contributed by atoms with Crippen LogP contribution in [-0.4, -0.2) is 15.7 Å². The average molecular weight is 558 g/mol. The highest BCUT2D eigenvalue weighted by atomic mass is 79.9. The molecule has 0 bridgehead atoms. The fourth-order valence-corrected chi connectivity index (χ4v) is 3.06. The monoisotopic (exact) mass is 557 g/mol. The average Bonchev–Trinajstić information content (AvgIpc) is 3.51. The molecule has 0 aliphatic carbocycles. The number of ether oxygens (including phenoxy) is 2. The van der Waals surface area contributed by atoms with E-state index in [2.05, 4.69) is 26.3 Å². The summed E-state index contributed by atoms with van der Waals surface area (Å²) in [6.45, 7) is -0.617. The SMILES string of the molecule is O=C(Nc1cnn(COc2ccc(Br)cc2)c1)c1ccc(COc2c(F)c(F)c(F)c(F)c2F)o1. The van der Waals surface area contributed by atoms with E-state index >= 15 is 0 Å². The molecule has 0 aliphatic rings. The summed E-state index contributed by atoms with van der Waals surface area (Å²) in [7, 11) is 0. The molecule has 4 rings (SSSR count). The molecule has 0 saturated heterocycles. The van der Waals surface area contributed by atoms with E-state index in [1.807, 2.05) is 12.1 Å². The van der Waals surface area contributed by atoms with Crippen LogP contribution in [0.15, 0.2) is 57.7 Å². The molecule has 0 fully saturated rings. The van der Waals surface area contributed by atoms with Crippen molar-refractivity contribution in [1.29, 1.82) is 0 Å². The van der Waals surface area contributed by atoms with Crippen LogP contribution >= 0.6 is 15.9 Å². The van der Waals surface area contributed by atoms with Gasteiger partial charge in [-0.05, 0) is 36.4 Å². The van der Waals surface area contributed by atoms with Gasteiger partial charge in [-0.1, -0.05) is 15.9 Å². The van der Waals surface area contributed by atoms with Crippen LogP contribution in [-0.2, 0) is 13.3 Å². The van der Waals surface area contributed by atoms with Crippen molar-refractivity contribution in [2.75, 3.05) is 5.32 Å². The highest BCUT2D eigenvalue weighted by Crippen LogP contribution is 2.30. The minimum atomic E-state index is -2.30. The number of nitrogens with zero attached hydrogens (tertiary/aromatic N) is 2. The smallest absolute Gasteiger partial charge is 0.291 e. The van der Waals surface area contributed by atoms with Crippen molar-refractivity contribution in [2.24, 2.45) is 0 Å². The van der Waals surface area contributed by atoms with Crippen molar-refractivity contribution < 1.29 is 40.6 Å². The van der Waals surface area contributed by atoms with E-state index in [1.165, 1.54) is 29.2 Å². The topological polar surface area (TPSA) is 78.5 Å². The Bertz CT molecular complexity index is 1350. The summed E-state index contributed by atoms with van der Waals surface area (Å²) < 4.78 is 84.8. The normalized spacial score (nSPS) is 10.9. The van der Waals surface area contributed by atoms with E-state index in [0.29, 0.717) is 11.4 Å². The first-order chi connectivity index (χ1) is 16.7. The van der Waals surface area contributed by atoms with Gasteiger partial charge in [-0.25, -0.2) is 17.9 Å². The molecule has 1 amide bonds. The second kappa shape index (κ2) is 10.2. The van der Waals surface area contributed by atoms with Crippen molar-refractivity contribution in [3.63, 3.8) is 0 Å². The molecule has 2 aromatic heterocycles. The van der Waals surface area contributed by atoms with Gasteiger partial charge in [-0.15, -0.1) is 0 Å². The minimum Gasteiger partial charge on any atom is -0.479 e. The lowest BCUT2D eigenvalue weighted by molar-refractivity contribution is 0.0992. The third kappa shape index (κ3) is 5.45. The number of carbonyl (C=O) groups is 1. The Kier molecular flexibility index (Phi) is 7.05. The van der Waals surface area contributed by atoms with Gasteiger partial charge in [0.25, 0.3) is 5.91 Å². The highest BCUT2D eigenvalue weighted by Gasteiger charge is 2.27. The predicted octanol–water partition coefficient (Wildman–Crippen LogP) is 5.80. The van der Waals surface area contributed by atoms with Crippen LogP contribution in [0, 0.1) is 29.1 Å². The summed E-state index contributed by atoms with van der Waals surface area (Å²) in [6.07, 6.45) is 2.88. The van der Waals surface area contributed by atoms with Crippen molar-refractivity contribution in [2.45, 2.75) is 13.3 Å². The molecule has 13 heteroatoms. The van der Waals surface area contributed by atoms with Crippen LogP contribution in [0.3, 0.4) is 0 Å². The van der Waals surface area contributed by atoms with Gasteiger partial charge in [0.15, 0.2) is 18.2 Å². The Morgan fingerprint density at radius 2 is 1.60 bits per heavy atom. The molecule has 0 radical (unpaired) electrons. The summed E-state index contributed by atoms with van der Waals surface area (Å²) in [6, 6.07) is 9.65. The maximum Gasteiger partial charge on any atom is 0.291 e. The van der Waals surface area contributed by atoms with Gasteiger partial charge in [0.2, 0.25) is 29.1 Å². The molecular weight excluding hydrogens is 545 g/mol. The molecule has 0 unspecified atom stereocenters. The van der Waals surface area contributed by atoms with Crippen molar-refractivity contribution >= 4 is 27.5 Å². The van der Waals surface area contributed by atoms with Crippen LogP contribution in [0.2, 0.25) is 0 Å². The summed E-state index contributed by atoms with van der Waals surface area (Å²) in [5, 5.41) is 6.59. The van der Waals surface area contributed by atoms with Gasteiger partial charge in [0.05, 0.1) is 18.1 Å².